The van der Waals surface area contributed by atoms with Gasteiger partial charge in [0.2, 0.25) is 0 Å². The predicted molar refractivity (Wildman–Crippen MR) is 69.0 cm³/mol. The zero-order chi connectivity index (χ0) is 11.6. The molecule has 2 fully saturated rings. The number of hydrogen-bond donors (Lipinski definition) is 0. The van der Waals surface area contributed by atoms with Gasteiger partial charge in [-0.05, 0) is 46.5 Å². The predicted octanol–water partition coefficient (Wildman–Crippen LogP) is 3.18. The molecule has 0 aromatic heterocycles. The second-order valence-electron chi connectivity index (χ2n) is 5.88. The highest BCUT2D eigenvalue weighted by Gasteiger charge is 2.43. The molecule has 0 aliphatic carbocycles. The van der Waals surface area contributed by atoms with Gasteiger partial charge in [-0.1, -0.05) is 6.42 Å². The van der Waals surface area contributed by atoms with Gasteiger partial charge in [0, 0.05) is 13.0 Å². The number of piperidine rings is 2. The third-order valence-corrected chi connectivity index (χ3v) is 5.06. The van der Waals surface area contributed by atoms with Crippen LogP contribution in [-0.2, 0) is 0 Å². The molecule has 2 aliphatic heterocycles. The molecule has 0 amide bonds. The van der Waals surface area contributed by atoms with Crippen LogP contribution in [0.4, 0.5) is 0 Å². The second kappa shape index (κ2) is 5.05. The van der Waals surface area contributed by atoms with Crippen LogP contribution in [0.3, 0.4) is 0 Å². The maximum Gasteiger partial charge on any atom is 0.104 e. The fourth-order valence-corrected chi connectivity index (χ4v) is 3.99. The van der Waals surface area contributed by atoms with Crippen molar-refractivity contribution in [2.24, 2.45) is 0 Å². The minimum atomic E-state index is 0.800. The molecule has 0 saturated carbocycles. The molecule has 0 radical (unpaired) electrons. The molecular formula is C14H29N2+. The normalized spacial score (nSPS) is 42.2. The van der Waals surface area contributed by atoms with E-state index in [1.807, 2.05) is 0 Å². The van der Waals surface area contributed by atoms with Crippen molar-refractivity contribution >= 4 is 0 Å². The molecule has 2 aliphatic rings. The lowest BCUT2D eigenvalue weighted by Crippen LogP contribution is -2.69. The smallest absolute Gasteiger partial charge is 0.104 e. The Morgan fingerprint density at radius 1 is 1.06 bits per heavy atom. The molecule has 2 saturated heterocycles. The summed E-state index contributed by atoms with van der Waals surface area (Å²) in [4.78, 5) is 0. The summed E-state index contributed by atoms with van der Waals surface area (Å²) in [6.07, 6.45) is 8.57. The van der Waals surface area contributed by atoms with Crippen molar-refractivity contribution in [3.8, 4) is 0 Å². The molecule has 2 heterocycles. The van der Waals surface area contributed by atoms with Crippen LogP contribution >= 0.6 is 0 Å². The van der Waals surface area contributed by atoms with Gasteiger partial charge in [0.1, 0.15) is 6.04 Å². The van der Waals surface area contributed by atoms with Crippen molar-refractivity contribution in [3.05, 3.63) is 0 Å². The van der Waals surface area contributed by atoms with Gasteiger partial charge in [-0.15, -0.1) is 0 Å². The topological polar surface area (TPSA) is 3.24 Å². The van der Waals surface area contributed by atoms with Gasteiger partial charge in [0.25, 0.3) is 0 Å². The summed E-state index contributed by atoms with van der Waals surface area (Å²) < 4.78 is 1.29. The van der Waals surface area contributed by atoms with Crippen molar-refractivity contribution in [1.82, 2.24) is 5.01 Å². The van der Waals surface area contributed by atoms with E-state index in [4.69, 9.17) is 0 Å². The second-order valence-corrected chi connectivity index (χ2v) is 5.88. The summed E-state index contributed by atoms with van der Waals surface area (Å²) in [6, 6.07) is 1.65. The van der Waals surface area contributed by atoms with E-state index in [1.165, 1.54) is 62.8 Å². The lowest BCUT2D eigenvalue weighted by molar-refractivity contribution is -1.06. The molecule has 0 spiro atoms. The molecule has 0 bridgehead atoms. The first-order valence-electron chi connectivity index (χ1n) is 7.34. The fraction of sp³-hybridized carbons (Fsp3) is 1.00. The van der Waals surface area contributed by atoms with Crippen LogP contribution in [0.2, 0.25) is 0 Å². The maximum absolute atomic E-state index is 2.83. The highest BCUT2D eigenvalue weighted by Crippen LogP contribution is 2.32. The largest absolute Gasteiger partial charge is 0.241 e. The van der Waals surface area contributed by atoms with Gasteiger partial charge in [0.15, 0.2) is 0 Å². The number of likely N-dealkylation sites (tertiary alicyclic amines) is 1. The van der Waals surface area contributed by atoms with Gasteiger partial charge in [-0.3, -0.25) is 0 Å². The minimum Gasteiger partial charge on any atom is -0.241 e. The van der Waals surface area contributed by atoms with Gasteiger partial charge < -0.3 is 0 Å². The summed E-state index contributed by atoms with van der Waals surface area (Å²) in [5, 5.41) is 2.83. The van der Waals surface area contributed by atoms with Crippen LogP contribution in [0.25, 0.3) is 0 Å². The number of hydrogen-bond acceptors (Lipinski definition) is 1. The van der Waals surface area contributed by atoms with Crippen LogP contribution in [0.15, 0.2) is 0 Å². The van der Waals surface area contributed by atoms with E-state index < -0.39 is 0 Å². The number of nitrogens with zero attached hydrogens (tertiary/aromatic N) is 2. The summed E-state index contributed by atoms with van der Waals surface area (Å²) in [5.41, 5.74) is 0. The van der Waals surface area contributed by atoms with Gasteiger partial charge >= 0.3 is 0 Å². The number of rotatable bonds is 2. The highest BCUT2D eigenvalue weighted by molar-refractivity contribution is 4.71. The average Bonchev–Trinajstić information content (AvgIpc) is 2.31. The Morgan fingerprint density at radius 3 is 2.44 bits per heavy atom. The summed E-state index contributed by atoms with van der Waals surface area (Å²) >= 11 is 0. The highest BCUT2D eigenvalue weighted by atomic mass is 15.8. The van der Waals surface area contributed by atoms with Crippen LogP contribution < -0.4 is 0 Å². The van der Waals surface area contributed by atoms with E-state index in [2.05, 4.69) is 25.8 Å². The summed E-state index contributed by atoms with van der Waals surface area (Å²) in [5.74, 6) is 0. The van der Waals surface area contributed by atoms with Gasteiger partial charge in [-0.25, -0.2) is 4.59 Å². The Morgan fingerprint density at radius 2 is 1.81 bits per heavy atom. The first-order chi connectivity index (χ1) is 7.70. The SMILES string of the molecule is CC[N+]1(N2CCCCC2C)CCCCC1C. The Labute approximate surface area is 101 Å². The molecule has 16 heavy (non-hydrogen) atoms. The van der Waals surface area contributed by atoms with Crippen molar-refractivity contribution in [3.63, 3.8) is 0 Å². The zero-order valence-electron chi connectivity index (χ0n) is 11.4. The van der Waals surface area contributed by atoms with Crippen LogP contribution in [0, 0.1) is 0 Å². The Hall–Kier alpha value is -0.0800. The van der Waals surface area contributed by atoms with E-state index in [9.17, 15) is 0 Å². The molecular weight excluding hydrogens is 196 g/mol. The minimum absolute atomic E-state index is 0.800. The quantitative estimate of drug-likeness (QED) is 0.652. The lowest BCUT2D eigenvalue weighted by atomic mass is 9.99. The number of quaternary nitrogens is 1. The van der Waals surface area contributed by atoms with Crippen molar-refractivity contribution in [2.75, 3.05) is 19.6 Å². The fourth-order valence-electron chi connectivity index (χ4n) is 3.99. The zero-order valence-corrected chi connectivity index (χ0v) is 11.4. The van der Waals surface area contributed by atoms with Gasteiger partial charge in [-0.2, -0.15) is 5.01 Å². The van der Waals surface area contributed by atoms with Gasteiger partial charge in [0.05, 0.1) is 19.1 Å². The first-order valence-corrected chi connectivity index (χ1v) is 7.34. The third-order valence-electron chi connectivity index (χ3n) is 5.06. The molecule has 2 nitrogen and oxygen atoms in total. The Balaban J connectivity index is 2.17. The van der Waals surface area contributed by atoms with Crippen LogP contribution in [-0.4, -0.2) is 41.3 Å². The molecule has 0 aromatic rings. The van der Waals surface area contributed by atoms with E-state index in [0.29, 0.717) is 0 Å². The van der Waals surface area contributed by atoms with E-state index in [-0.39, 0.29) is 0 Å². The monoisotopic (exact) mass is 225 g/mol. The lowest BCUT2D eigenvalue weighted by Gasteiger charge is -2.54. The third kappa shape index (κ3) is 2.02. The standard InChI is InChI=1S/C14H29N2/c1-4-16(12-8-6-10-14(16)3)15-11-7-5-9-13(15)2/h13-14H,4-12H2,1-3H3/q+1. The molecule has 0 N–H and O–H groups in total. The van der Waals surface area contributed by atoms with Crippen molar-refractivity contribution < 1.29 is 4.59 Å². The van der Waals surface area contributed by atoms with Crippen LogP contribution in [0.1, 0.15) is 59.3 Å². The molecule has 3 unspecified atom stereocenters. The van der Waals surface area contributed by atoms with E-state index >= 15 is 0 Å². The molecule has 0 aromatic carbocycles. The Kier molecular flexibility index (Phi) is 3.91. The van der Waals surface area contributed by atoms with Crippen LogP contribution in [0.5, 0.6) is 0 Å². The molecule has 3 atom stereocenters. The maximum atomic E-state index is 2.83. The first kappa shape index (κ1) is 12.4. The van der Waals surface area contributed by atoms with Crippen molar-refractivity contribution in [1.29, 1.82) is 0 Å². The van der Waals surface area contributed by atoms with E-state index in [0.717, 1.165) is 12.1 Å². The summed E-state index contributed by atoms with van der Waals surface area (Å²) in [6.45, 7) is 11.3. The average molecular weight is 225 g/mol. The summed E-state index contributed by atoms with van der Waals surface area (Å²) in [7, 11) is 0. The van der Waals surface area contributed by atoms with E-state index in [1.54, 1.807) is 0 Å². The Bertz CT molecular complexity index is 229. The molecule has 2 heteroatoms. The molecule has 94 valence electrons. The van der Waals surface area contributed by atoms with Crippen molar-refractivity contribution in [2.45, 2.75) is 71.4 Å². The molecule has 2 rings (SSSR count).